The van der Waals surface area contributed by atoms with Gasteiger partial charge in [-0.15, -0.1) is 6.58 Å². The Kier molecular flexibility index (Phi) is 4.35. The molecule has 0 aromatic heterocycles. The van der Waals surface area contributed by atoms with Crippen LogP contribution in [0.25, 0.3) is 0 Å². The maximum Gasteiger partial charge on any atom is 0.270 e. The van der Waals surface area contributed by atoms with Gasteiger partial charge >= 0.3 is 0 Å². The second-order valence-electron chi connectivity index (χ2n) is 10.7. The quantitative estimate of drug-likeness (QED) is 0.281. The number of hydrogen-bond acceptors (Lipinski definition) is 8. The van der Waals surface area contributed by atoms with Gasteiger partial charge in [0.15, 0.2) is 11.5 Å². The SMILES string of the molecule is C=CCN1CC[C@]23c4c5ccc(O)c4O[C@H]2[C@H](N2C(=O)c4ccc([N+](=O)[O-])cc4C2=O)CC[C@@]3(O)[C@@H]1C5. The summed E-state index contributed by atoms with van der Waals surface area (Å²) in [6.07, 6.45) is 2.81. The Bertz CT molecular complexity index is 1440. The van der Waals surface area contributed by atoms with E-state index in [0.29, 0.717) is 44.5 Å². The smallest absolute Gasteiger partial charge is 0.270 e. The van der Waals surface area contributed by atoms with E-state index >= 15 is 0 Å². The van der Waals surface area contributed by atoms with Crippen molar-refractivity contribution in [3.63, 3.8) is 0 Å². The molecule has 0 unspecified atom stereocenters. The minimum atomic E-state index is -1.20. The van der Waals surface area contributed by atoms with Crippen LogP contribution in [0.2, 0.25) is 0 Å². The molecular formula is C27H25N3O7. The Balaban J connectivity index is 1.37. The molecule has 0 radical (unpaired) electrons. The molecule has 3 aliphatic heterocycles. The lowest BCUT2D eigenvalue weighted by molar-refractivity contribution is -0.384. The molecule has 5 aliphatic rings. The van der Waals surface area contributed by atoms with E-state index in [0.717, 1.165) is 22.1 Å². The second kappa shape index (κ2) is 7.17. The van der Waals surface area contributed by atoms with Crippen molar-refractivity contribution in [2.45, 2.75) is 54.9 Å². The molecule has 2 aromatic carbocycles. The van der Waals surface area contributed by atoms with Gasteiger partial charge in [-0.3, -0.25) is 29.5 Å². The van der Waals surface area contributed by atoms with Gasteiger partial charge in [0.1, 0.15) is 6.10 Å². The molecule has 2 N–H and O–H groups in total. The van der Waals surface area contributed by atoms with E-state index in [1.54, 1.807) is 6.07 Å². The zero-order valence-electron chi connectivity index (χ0n) is 19.9. The van der Waals surface area contributed by atoms with Crippen LogP contribution < -0.4 is 4.74 Å². The van der Waals surface area contributed by atoms with Gasteiger partial charge < -0.3 is 14.9 Å². The highest BCUT2D eigenvalue weighted by atomic mass is 16.6. The number of rotatable bonds is 4. The summed E-state index contributed by atoms with van der Waals surface area (Å²) in [6.45, 7) is 5.16. The fourth-order valence-electron chi connectivity index (χ4n) is 7.92. The summed E-state index contributed by atoms with van der Waals surface area (Å²) in [5.74, 6) is -0.845. The molecule has 1 saturated carbocycles. The summed E-state index contributed by atoms with van der Waals surface area (Å²) in [5, 5.41) is 34.5. The summed E-state index contributed by atoms with van der Waals surface area (Å²) < 4.78 is 6.45. The van der Waals surface area contributed by atoms with E-state index in [1.165, 1.54) is 12.1 Å². The van der Waals surface area contributed by atoms with Crippen molar-refractivity contribution < 1.29 is 29.5 Å². The minimum absolute atomic E-state index is 0.00101. The number of non-ortho nitro benzene ring substituents is 1. The van der Waals surface area contributed by atoms with Crippen molar-refractivity contribution >= 4 is 17.5 Å². The number of nitro groups is 1. The third-order valence-electron chi connectivity index (χ3n) is 9.35. The summed E-state index contributed by atoms with van der Waals surface area (Å²) in [5.41, 5.74) is -0.486. The number of carbonyl (C=O) groups is 2. The van der Waals surface area contributed by atoms with E-state index in [-0.39, 0.29) is 28.6 Å². The Labute approximate surface area is 211 Å². The van der Waals surface area contributed by atoms with E-state index in [4.69, 9.17) is 4.74 Å². The molecule has 7 rings (SSSR count). The number of nitro benzene ring substituents is 1. The number of nitrogens with zero attached hydrogens (tertiary/aromatic N) is 3. The molecule has 2 aromatic rings. The lowest BCUT2D eigenvalue weighted by atomic mass is 9.48. The van der Waals surface area contributed by atoms with Crippen LogP contribution in [0.3, 0.4) is 0 Å². The first kappa shape index (κ1) is 22.4. The number of ether oxygens (including phenoxy) is 1. The van der Waals surface area contributed by atoms with Crippen molar-refractivity contribution in [3.8, 4) is 11.5 Å². The molecule has 190 valence electrons. The van der Waals surface area contributed by atoms with E-state index in [2.05, 4.69) is 11.5 Å². The summed E-state index contributed by atoms with van der Waals surface area (Å²) >= 11 is 0. The fourth-order valence-corrected chi connectivity index (χ4v) is 7.92. The highest BCUT2D eigenvalue weighted by molar-refractivity contribution is 6.22. The number of fused-ring (bicyclic) bond motifs is 1. The van der Waals surface area contributed by atoms with Gasteiger partial charge in [-0.1, -0.05) is 12.1 Å². The van der Waals surface area contributed by atoms with Gasteiger partial charge in [-0.2, -0.15) is 0 Å². The lowest BCUT2D eigenvalue weighted by Crippen LogP contribution is -2.78. The summed E-state index contributed by atoms with van der Waals surface area (Å²) in [4.78, 5) is 41.2. The third kappa shape index (κ3) is 2.52. The molecular weight excluding hydrogens is 478 g/mol. The highest BCUT2D eigenvalue weighted by Gasteiger charge is 2.74. The number of piperidine rings is 1. The monoisotopic (exact) mass is 503 g/mol. The van der Waals surface area contributed by atoms with E-state index in [9.17, 15) is 29.9 Å². The van der Waals surface area contributed by atoms with Crippen LogP contribution in [0.15, 0.2) is 43.0 Å². The number of phenolic OH excluding ortho intramolecular Hbond substituents is 1. The fraction of sp³-hybridized carbons (Fsp3) is 0.407. The van der Waals surface area contributed by atoms with Crippen molar-refractivity contribution in [3.05, 3.63) is 75.4 Å². The van der Waals surface area contributed by atoms with Crippen LogP contribution in [0.1, 0.15) is 51.1 Å². The van der Waals surface area contributed by atoms with Crippen LogP contribution in [-0.2, 0) is 11.8 Å². The number of imide groups is 1. The van der Waals surface area contributed by atoms with Gasteiger partial charge in [0.2, 0.25) is 0 Å². The molecule has 2 bridgehead atoms. The number of phenols is 1. The number of amides is 2. The third-order valence-corrected chi connectivity index (χ3v) is 9.35. The van der Waals surface area contributed by atoms with Crippen molar-refractivity contribution in [1.29, 1.82) is 0 Å². The van der Waals surface area contributed by atoms with E-state index in [1.807, 2.05) is 12.1 Å². The molecule has 10 heteroatoms. The number of hydrogen-bond donors (Lipinski definition) is 2. The average molecular weight is 504 g/mol. The zero-order chi connectivity index (χ0) is 25.9. The minimum Gasteiger partial charge on any atom is -0.504 e. The molecule has 2 aliphatic carbocycles. The van der Waals surface area contributed by atoms with Crippen LogP contribution in [0.5, 0.6) is 11.5 Å². The first-order chi connectivity index (χ1) is 17.7. The van der Waals surface area contributed by atoms with Gasteiger partial charge in [0.25, 0.3) is 17.5 Å². The van der Waals surface area contributed by atoms with Crippen LogP contribution in [0.4, 0.5) is 5.69 Å². The van der Waals surface area contributed by atoms with Crippen molar-refractivity contribution in [1.82, 2.24) is 9.80 Å². The number of aliphatic hydroxyl groups is 1. The molecule has 10 nitrogen and oxygen atoms in total. The van der Waals surface area contributed by atoms with Crippen LogP contribution >= 0.6 is 0 Å². The summed E-state index contributed by atoms with van der Waals surface area (Å²) in [7, 11) is 0. The van der Waals surface area contributed by atoms with E-state index < -0.39 is 39.9 Å². The van der Waals surface area contributed by atoms with Crippen molar-refractivity contribution in [2.24, 2.45) is 0 Å². The maximum atomic E-state index is 13.6. The molecule has 2 amide bonds. The molecule has 1 saturated heterocycles. The topological polar surface area (TPSA) is 133 Å². The first-order valence-corrected chi connectivity index (χ1v) is 12.5. The molecule has 2 fully saturated rings. The van der Waals surface area contributed by atoms with Gasteiger partial charge in [-0.05, 0) is 49.9 Å². The van der Waals surface area contributed by atoms with Gasteiger partial charge in [0, 0.05) is 30.3 Å². The largest absolute Gasteiger partial charge is 0.504 e. The normalized spacial score (nSPS) is 33.1. The highest BCUT2D eigenvalue weighted by Crippen LogP contribution is 2.66. The number of likely N-dealkylation sites (tertiary alicyclic amines) is 1. The standard InChI is InChI=1S/C27H25N3O7/c1-2-10-28-11-9-26-21-14-3-6-19(31)22(21)37-23(26)18(7-8-27(26,34)20(28)12-14)29-24(32)16-5-4-15(30(35)36)13-17(16)25(29)33/h2-6,13,18,20,23,31,34H,1,7-12H2/t18-,20+,23+,26+,27-/m1/s1. The Morgan fingerprint density at radius 3 is 2.73 bits per heavy atom. The first-order valence-electron chi connectivity index (χ1n) is 12.5. The van der Waals surface area contributed by atoms with Crippen LogP contribution in [0, 0.1) is 10.1 Å². The maximum absolute atomic E-state index is 13.6. The van der Waals surface area contributed by atoms with Crippen molar-refractivity contribution in [2.75, 3.05) is 13.1 Å². The molecule has 3 heterocycles. The number of benzene rings is 2. The zero-order valence-corrected chi connectivity index (χ0v) is 19.9. The Hall–Kier alpha value is -3.76. The molecule has 5 atom stereocenters. The van der Waals surface area contributed by atoms with Gasteiger partial charge in [0.05, 0.1) is 33.1 Å². The Morgan fingerprint density at radius 2 is 1.97 bits per heavy atom. The molecule has 37 heavy (non-hydrogen) atoms. The summed E-state index contributed by atoms with van der Waals surface area (Å²) in [6, 6.07) is 6.23. The van der Waals surface area contributed by atoms with Crippen LogP contribution in [-0.4, -0.2) is 73.6 Å². The number of aromatic hydroxyl groups is 1. The Morgan fingerprint density at radius 1 is 1.19 bits per heavy atom. The lowest BCUT2D eigenvalue weighted by Gasteiger charge is -2.64. The second-order valence-corrected chi connectivity index (χ2v) is 10.7. The predicted octanol–water partition coefficient (Wildman–Crippen LogP) is 2.31. The van der Waals surface area contributed by atoms with Gasteiger partial charge in [-0.25, -0.2) is 0 Å². The number of carbonyl (C=O) groups excluding carboxylic acids is 2. The predicted molar refractivity (Wildman–Crippen MR) is 130 cm³/mol. The molecule has 1 spiro atoms. The average Bonchev–Trinajstić information content (AvgIpc) is 3.35.